The number of benzene rings is 2. The Bertz CT molecular complexity index is 1180. The molecular weight excluding hydrogens is 579 g/mol. The third-order valence-electron chi connectivity index (χ3n) is 6.77. The fourth-order valence-electron chi connectivity index (χ4n) is 4.94. The minimum atomic E-state index is -2.11. The van der Waals surface area contributed by atoms with Crippen LogP contribution in [0.5, 0.6) is 0 Å². The van der Waals surface area contributed by atoms with Crippen molar-refractivity contribution in [2.45, 2.75) is 80.6 Å². The summed E-state index contributed by atoms with van der Waals surface area (Å²) in [6.07, 6.45) is 0.873. The molecule has 1 amide bonds. The van der Waals surface area contributed by atoms with E-state index in [2.05, 4.69) is 10.2 Å². The number of amides is 1. The van der Waals surface area contributed by atoms with Crippen molar-refractivity contribution >= 4 is 52.4 Å². The van der Waals surface area contributed by atoms with Gasteiger partial charge in [-0.3, -0.25) is 14.5 Å². The first-order valence-electron chi connectivity index (χ1n) is 13.3. The average Bonchev–Trinajstić information content (AvgIpc) is 3.35. The summed E-state index contributed by atoms with van der Waals surface area (Å²) in [5, 5.41) is 12.1. The highest BCUT2D eigenvalue weighted by atomic mass is 35.6. The molecular formula is C29H35Cl3N2O6. The van der Waals surface area contributed by atoms with Crippen molar-refractivity contribution in [3.05, 3.63) is 65.2 Å². The van der Waals surface area contributed by atoms with Crippen LogP contribution in [0.15, 0.2) is 48.5 Å². The van der Waals surface area contributed by atoms with Gasteiger partial charge in [-0.1, -0.05) is 71.2 Å². The number of aliphatic hydroxyl groups excluding tert-OH is 1. The van der Waals surface area contributed by atoms with Crippen LogP contribution in [0.2, 0.25) is 0 Å². The second-order valence-corrected chi connectivity index (χ2v) is 13.4. The van der Waals surface area contributed by atoms with E-state index in [1.807, 2.05) is 51.1 Å². The Kier molecular flexibility index (Phi) is 10.0. The summed E-state index contributed by atoms with van der Waals surface area (Å²) in [7, 11) is 0. The molecule has 218 valence electrons. The van der Waals surface area contributed by atoms with Gasteiger partial charge in [-0.2, -0.15) is 0 Å². The third-order valence-corrected chi connectivity index (χ3v) is 7.28. The Hall–Kier alpha value is -1.91. The number of carbonyl (C=O) groups is 2. The van der Waals surface area contributed by atoms with Crippen LogP contribution in [0.4, 0.5) is 5.69 Å². The van der Waals surface area contributed by atoms with Gasteiger partial charge in [0.25, 0.3) is 9.70 Å². The lowest BCUT2D eigenvalue weighted by Crippen LogP contribution is -2.45. The van der Waals surface area contributed by atoms with E-state index >= 15 is 0 Å². The van der Waals surface area contributed by atoms with Crippen LogP contribution in [0.3, 0.4) is 0 Å². The molecule has 4 rings (SSSR count). The number of rotatable bonds is 7. The van der Waals surface area contributed by atoms with Gasteiger partial charge in [0.05, 0.1) is 18.8 Å². The number of alkyl halides is 3. The molecule has 0 aromatic heterocycles. The molecule has 0 radical (unpaired) electrons. The van der Waals surface area contributed by atoms with Crippen molar-refractivity contribution in [2.24, 2.45) is 0 Å². The Morgan fingerprint density at radius 1 is 1.07 bits per heavy atom. The topological polar surface area (TPSA) is 97.3 Å². The number of hydrogen-bond acceptors (Lipinski definition) is 7. The number of nitrogens with zero attached hydrogens (tertiary/aromatic N) is 1. The van der Waals surface area contributed by atoms with Gasteiger partial charge in [-0.05, 0) is 63.4 Å². The Morgan fingerprint density at radius 2 is 1.80 bits per heavy atom. The molecule has 2 fully saturated rings. The molecule has 2 aromatic carbocycles. The van der Waals surface area contributed by atoms with Gasteiger partial charge in [0.2, 0.25) is 0 Å². The number of ether oxygens (including phenoxy) is 3. The van der Waals surface area contributed by atoms with Crippen LogP contribution in [-0.4, -0.2) is 56.5 Å². The second-order valence-electron chi connectivity index (χ2n) is 11.1. The fourth-order valence-corrected chi connectivity index (χ4v) is 5.08. The zero-order chi connectivity index (χ0) is 29.1. The van der Waals surface area contributed by atoms with E-state index in [0.717, 1.165) is 30.5 Å². The number of esters is 1. The predicted molar refractivity (Wildman–Crippen MR) is 154 cm³/mol. The molecule has 11 heteroatoms. The lowest BCUT2D eigenvalue weighted by molar-refractivity contribution is -0.253. The lowest BCUT2D eigenvalue weighted by Gasteiger charge is -2.38. The van der Waals surface area contributed by atoms with Crippen LogP contribution in [-0.2, 0) is 30.4 Å². The summed E-state index contributed by atoms with van der Waals surface area (Å²) in [4.78, 5) is 27.3. The summed E-state index contributed by atoms with van der Waals surface area (Å²) >= 11 is 17.1. The smallest absolute Gasteiger partial charge is 0.323 e. The zero-order valence-electron chi connectivity index (χ0n) is 22.7. The lowest BCUT2D eigenvalue weighted by atomic mass is 9.99. The van der Waals surface area contributed by atoms with Crippen LogP contribution in [0.1, 0.15) is 69.1 Å². The van der Waals surface area contributed by atoms with Gasteiger partial charge < -0.3 is 24.6 Å². The molecule has 8 nitrogen and oxygen atoms in total. The molecule has 2 N–H and O–H groups in total. The number of likely N-dealkylation sites (tertiary alicyclic amines) is 1. The highest BCUT2D eigenvalue weighted by molar-refractivity contribution is 6.76. The van der Waals surface area contributed by atoms with E-state index in [1.165, 1.54) is 0 Å². The Morgan fingerprint density at radius 3 is 2.45 bits per heavy atom. The fraction of sp³-hybridized carbons (Fsp3) is 0.517. The maximum Gasteiger partial charge on any atom is 0.323 e. The van der Waals surface area contributed by atoms with Gasteiger partial charge in [0, 0.05) is 24.2 Å². The molecule has 2 saturated heterocycles. The number of nitrogens with one attached hydrogen (secondary N) is 1. The molecule has 2 aromatic rings. The van der Waals surface area contributed by atoms with Gasteiger partial charge >= 0.3 is 5.97 Å². The SMILES string of the molecule is CC(C)(C)OC(=O)[C@@H]1CCCN1C[C@H]1C[C@@H](c2ccc(CO)cc2)O[C@@H](c2cccc(NC(=O)C(Cl)(Cl)Cl)c2)O1. The molecule has 0 aliphatic carbocycles. The van der Waals surface area contributed by atoms with Crippen molar-refractivity contribution in [1.29, 1.82) is 0 Å². The van der Waals surface area contributed by atoms with E-state index in [-0.39, 0.29) is 30.8 Å². The normalized spacial score (nSPS) is 24.1. The first kappa shape index (κ1) is 31.0. The molecule has 0 bridgehead atoms. The van der Waals surface area contributed by atoms with E-state index < -0.39 is 21.6 Å². The van der Waals surface area contributed by atoms with Gasteiger partial charge in [-0.15, -0.1) is 0 Å². The standard InChI is InChI=1S/C29H35Cl3N2O6/c1-28(2,3)40-25(36)23-8-5-13-34(23)16-22-15-24(19-11-9-18(17-35)10-12-19)39-26(38-22)20-6-4-7-21(14-20)33-27(37)29(30,31)32/h4,6-7,9-12,14,22-24,26,35H,5,8,13,15-17H2,1-3H3,(H,33,37)/t22-,23+,24+,26+/m1/s1. The maximum absolute atomic E-state index is 12.9. The highest BCUT2D eigenvalue weighted by Gasteiger charge is 2.39. The maximum atomic E-state index is 12.9. The molecule has 2 aliphatic rings. The molecule has 2 aliphatic heterocycles. The molecule has 0 saturated carbocycles. The van der Waals surface area contributed by atoms with Crippen LogP contribution >= 0.6 is 34.8 Å². The third kappa shape index (κ3) is 8.32. The minimum Gasteiger partial charge on any atom is -0.459 e. The molecule has 0 unspecified atom stereocenters. The van der Waals surface area contributed by atoms with Crippen molar-refractivity contribution < 1.29 is 28.9 Å². The summed E-state index contributed by atoms with van der Waals surface area (Å²) in [5.41, 5.74) is 2.29. The van der Waals surface area contributed by atoms with Gasteiger partial charge in [0.15, 0.2) is 6.29 Å². The zero-order valence-corrected chi connectivity index (χ0v) is 25.0. The van der Waals surface area contributed by atoms with E-state index in [4.69, 9.17) is 49.0 Å². The molecule has 0 spiro atoms. The highest BCUT2D eigenvalue weighted by Crippen LogP contribution is 2.39. The van der Waals surface area contributed by atoms with Crippen LogP contribution < -0.4 is 5.32 Å². The van der Waals surface area contributed by atoms with Crippen LogP contribution in [0, 0.1) is 0 Å². The molecule has 40 heavy (non-hydrogen) atoms. The molecule has 4 atom stereocenters. The van der Waals surface area contributed by atoms with Crippen LogP contribution in [0.25, 0.3) is 0 Å². The van der Waals surface area contributed by atoms with E-state index in [1.54, 1.807) is 18.2 Å². The summed E-state index contributed by atoms with van der Waals surface area (Å²) in [6.45, 7) is 6.85. The first-order valence-corrected chi connectivity index (χ1v) is 14.4. The monoisotopic (exact) mass is 612 g/mol. The summed E-state index contributed by atoms with van der Waals surface area (Å²) < 4.78 is 16.4. The van der Waals surface area contributed by atoms with Crippen molar-refractivity contribution in [1.82, 2.24) is 4.90 Å². The molecule has 2 heterocycles. The Labute approximate surface area is 249 Å². The Balaban J connectivity index is 1.56. The van der Waals surface area contributed by atoms with Crippen molar-refractivity contribution in [3.8, 4) is 0 Å². The minimum absolute atomic E-state index is 0.0477. The first-order chi connectivity index (χ1) is 18.8. The average molecular weight is 614 g/mol. The number of carbonyl (C=O) groups excluding carboxylic acids is 2. The van der Waals surface area contributed by atoms with E-state index in [9.17, 15) is 14.7 Å². The second kappa shape index (κ2) is 12.9. The largest absolute Gasteiger partial charge is 0.459 e. The predicted octanol–water partition coefficient (Wildman–Crippen LogP) is 5.84. The van der Waals surface area contributed by atoms with Gasteiger partial charge in [0.1, 0.15) is 11.6 Å². The number of anilines is 1. The van der Waals surface area contributed by atoms with Crippen molar-refractivity contribution in [3.63, 3.8) is 0 Å². The quantitative estimate of drug-likeness (QED) is 0.299. The number of aliphatic hydroxyl groups is 1. The number of hydrogen-bond donors (Lipinski definition) is 2. The van der Waals surface area contributed by atoms with Crippen molar-refractivity contribution in [2.75, 3.05) is 18.4 Å². The van der Waals surface area contributed by atoms with Gasteiger partial charge in [-0.25, -0.2) is 0 Å². The van der Waals surface area contributed by atoms with E-state index in [0.29, 0.717) is 24.2 Å². The summed E-state index contributed by atoms with van der Waals surface area (Å²) in [6, 6.07) is 14.3. The number of halogens is 3. The summed E-state index contributed by atoms with van der Waals surface area (Å²) in [5.74, 6) is -0.996.